The minimum Gasteiger partial charge on any atom is -0.462 e. The number of amides is 4. The normalized spacial score (nSPS) is 11.3. The lowest BCUT2D eigenvalue weighted by Gasteiger charge is -2.35. The molecule has 0 radical (unpaired) electrons. The van der Waals surface area contributed by atoms with E-state index in [2.05, 4.69) is 22.9 Å². The maximum atomic E-state index is 12.3. The van der Waals surface area contributed by atoms with Crippen molar-refractivity contribution in [1.29, 1.82) is 0 Å². The molecule has 0 fully saturated rings. The molecule has 3 N–H and O–H groups in total. The molecule has 0 saturated carbocycles. The van der Waals surface area contributed by atoms with Gasteiger partial charge in [0.15, 0.2) is 0 Å². The minimum absolute atomic E-state index is 0.0341. The van der Waals surface area contributed by atoms with Crippen molar-refractivity contribution in [2.75, 3.05) is 18.5 Å². The number of urea groups is 2. The zero-order chi connectivity index (χ0) is 26.2. The first-order valence-electron chi connectivity index (χ1n) is 10.7. The summed E-state index contributed by atoms with van der Waals surface area (Å²) in [4.78, 5) is 37.9. The van der Waals surface area contributed by atoms with Crippen LogP contribution in [0.2, 0.25) is 0 Å². The lowest BCUT2D eigenvalue weighted by atomic mass is 10.1. The van der Waals surface area contributed by atoms with E-state index in [1.54, 1.807) is 17.0 Å². The topological polar surface area (TPSA) is 134 Å². The number of rotatable bonds is 8. The van der Waals surface area contributed by atoms with Crippen molar-refractivity contribution in [3.63, 3.8) is 0 Å². The Morgan fingerprint density at radius 3 is 2.14 bits per heavy atom. The van der Waals surface area contributed by atoms with Crippen LogP contribution < -0.4 is 14.8 Å². The summed E-state index contributed by atoms with van der Waals surface area (Å²) in [6.45, 7) is 7.94. The van der Waals surface area contributed by atoms with Gasteiger partial charge in [0.1, 0.15) is 0 Å². The van der Waals surface area contributed by atoms with Gasteiger partial charge in [0, 0.05) is 17.8 Å². The molecule has 0 aliphatic heterocycles. The van der Waals surface area contributed by atoms with Crippen molar-refractivity contribution in [3.05, 3.63) is 59.7 Å². The smallest absolute Gasteiger partial charge is 0.338 e. The Morgan fingerprint density at radius 2 is 1.60 bits per heavy atom. The number of nitrogens with zero attached hydrogens (tertiary/aromatic N) is 1. The molecule has 4 amide bonds. The number of nitrogens with one attached hydrogen (secondary N) is 3. The predicted octanol–water partition coefficient (Wildman–Crippen LogP) is 3.71. The van der Waals surface area contributed by atoms with E-state index >= 15 is 0 Å². The highest BCUT2D eigenvalue weighted by molar-refractivity contribution is 7.90. The molecule has 2 aromatic rings. The van der Waals surface area contributed by atoms with Crippen LogP contribution in [0, 0.1) is 6.92 Å². The number of thiol groups is 1. The molecule has 12 heteroatoms. The summed E-state index contributed by atoms with van der Waals surface area (Å²) in [5.74, 6) is -0.566. The van der Waals surface area contributed by atoms with Crippen LogP contribution in [0.5, 0.6) is 0 Å². The number of hydrogen-bond acceptors (Lipinski definition) is 7. The highest BCUT2D eigenvalue weighted by Gasteiger charge is 2.25. The van der Waals surface area contributed by atoms with Gasteiger partial charge in [-0.15, -0.1) is 0 Å². The van der Waals surface area contributed by atoms with E-state index in [1.165, 1.54) is 36.4 Å². The van der Waals surface area contributed by atoms with Gasteiger partial charge in [0.2, 0.25) is 0 Å². The van der Waals surface area contributed by atoms with Crippen LogP contribution in [-0.4, -0.2) is 50.0 Å². The van der Waals surface area contributed by atoms with Crippen LogP contribution in [0.15, 0.2) is 53.4 Å². The van der Waals surface area contributed by atoms with Gasteiger partial charge in [-0.2, -0.15) is 0 Å². The van der Waals surface area contributed by atoms with Crippen LogP contribution in [0.4, 0.5) is 15.3 Å². The summed E-state index contributed by atoms with van der Waals surface area (Å²) < 4.78 is 34.1. The van der Waals surface area contributed by atoms with E-state index in [-0.39, 0.29) is 28.8 Å². The number of anilines is 1. The number of aryl methyl sites for hydroxylation is 1. The molecule has 190 valence electrons. The molecule has 0 saturated heterocycles. The number of carbonyl (C=O) groups is 3. The van der Waals surface area contributed by atoms with Gasteiger partial charge in [-0.05, 0) is 70.5 Å². The standard InChI is InChI=1S/C23H30N4O6S2/c1-16-6-12-19(13-7-16)35(31,32)26-21(29)24-18-10-8-17(9-11-18)20(28)33-15-5-14-27(22(30)25-34)23(2,3)4/h6-13,34H,5,14-15H2,1-4H3,(H,25,30)(H2,24,26,29). The van der Waals surface area contributed by atoms with Crippen molar-refractivity contribution in [2.45, 2.75) is 44.6 Å². The first kappa shape index (κ1) is 28.0. The largest absolute Gasteiger partial charge is 0.462 e. The molecule has 2 rings (SSSR count). The molecule has 0 aromatic heterocycles. The Bertz CT molecular complexity index is 1140. The Hall–Kier alpha value is -3.25. The number of ether oxygens (including phenoxy) is 1. The molecular weight excluding hydrogens is 492 g/mol. The van der Waals surface area contributed by atoms with E-state index in [4.69, 9.17) is 4.74 Å². The van der Waals surface area contributed by atoms with Crippen LogP contribution in [0.25, 0.3) is 0 Å². The number of benzene rings is 2. The molecule has 0 spiro atoms. The second-order valence-corrected chi connectivity index (χ2v) is 10.6. The number of esters is 1. The summed E-state index contributed by atoms with van der Waals surface area (Å²) in [6.07, 6.45) is 0.430. The van der Waals surface area contributed by atoms with Crippen molar-refractivity contribution in [1.82, 2.24) is 14.3 Å². The molecule has 0 aliphatic carbocycles. The van der Waals surface area contributed by atoms with Crippen LogP contribution >= 0.6 is 12.8 Å². The van der Waals surface area contributed by atoms with Crippen molar-refractivity contribution in [2.24, 2.45) is 0 Å². The third-order valence-corrected chi connectivity index (χ3v) is 6.38. The van der Waals surface area contributed by atoms with Gasteiger partial charge < -0.3 is 15.0 Å². The molecular formula is C23H30N4O6S2. The average Bonchev–Trinajstić information content (AvgIpc) is 2.78. The Balaban J connectivity index is 1.86. The summed E-state index contributed by atoms with van der Waals surface area (Å²) in [5.41, 5.74) is 1.01. The second-order valence-electron chi connectivity index (χ2n) is 8.68. The molecule has 2 aromatic carbocycles. The van der Waals surface area contributed by atoms with Crippen LogP contribution in [-0.2, 0) is 14.8 Å². The van der Waals surface area contributed by atoms with Crippen molar-refractivity contribution in [3.8, 4) is 0 Å². The van der Waals surface area contributed by atoms with Gasteiger partial charge in [0.25, 0.3) is 10.0 Å². The Morgan fingerprint density at radius 1 is 1.00 bits per heavy atom. The monoisotopic (exact) mass is 522 g/mol. The summed E-state index contributed by atoms with van der Waals surface area (Å²) in [5, 5.41) is 2.41. The first-order valence-corrected chi connectivity index (χ1v) is 12.7. The fourth-order valence-electron chi connectivity index (χ4n) is 3.02. The molecule has 10 nitrogen and oxygen atoms in total. The Labute approximate surface area is 211 Å². The van der Waals surface area contributed by atoms with Crippen LogP contribution in [0.1, 0.15) is 43.1 Å². The SMILES string of the molecule is Cc1ccc(S(=O)(=O)NC(=O)Nc2ccc(C(=O)OCCCN(C(=O)NS)C(C)(C)C)cc2)cc1. The Kier molecular flexibility index (Phi) is 9.55. The van der Waals surface area contributed by atoms with Crippen molar-refractivity contribution < 1.29 is 27.5 Å². The molecule has 0 unspecified atom stereocenters. The van der Waals surface area contributed by atoms with E-state index in [0.29, 0.717) is 13.0 Å². The number of carbonyl (C=O) groups excluding carboxylic acids is 3. The maximum Gasteiger partial charge on any atom is 0.338 e. The quantitative estimate of drug-likeness (QED) is 0.237. The molecule has 0 aliphatic rings. The fraction of sp³-hybridized carbons (Fsp3) is 0.348. The molecule has 0 bridgehead atoms. The number of hydrogen-bond donors (Lipinski definition) is 4. The van der Waals surface area contributed by atoms with Gasteiger partial charge in [-0.3, -0.25) is 4.72 Å². The van der Waals surface area contributed by atoms with Gasteiger partial charge in [-0.1, -0.05) is 30.5 Å². The summed E-state index contributed by atoms with van der Waals surface area (Å²) >= 11 is 3.79. The number of sulfonamides is 1. The zero-order valence-electron chi connectivity index (χ0n) is 20.0. The average molecular weight is 523 g/mol. The third-order valence-electron chi connectivity index (χ3n) is 4.85. The van der Waals surface area contributed by atoms with E-state index in [1.807, 2.05) is 32.4 Å². The van der Waals surface area contributed by atoms with E-state index in [9.17, 15) is 22.8 Å². The summed E-state index contributed by atoms with van der Waals surface area (Å²) in [7, 11) is -4.02. The molecule has 35 heavy (non-hydrogen) atoms. The van der Waals surface area contributed by atoms with E-state index < -0.39 is 27.6 Å². The minimum atomic E-state index is -4.02. The van der Waals surface area contributed by atoms with Crippen molar-refractivity contribution >= 4 is 46.6 Å². The zero-order valence-corrected chi connectivity index (χ0v) is 21.7. The molecule has 0 atom stereocenters. The summed E-state index contributed by atoms with van der Waals surface area (Å²) in [6, 6.07) is 10.6. The first-order chi connectivity index (χ1) is 16.3. The lowest BCUT2D eigenvalue weighted by Crippen LogP contribution is -2.49. The van der Waals surface area contributed by atoms with Gasteiger partial charge >= 0.3 is 18.0 Å². The highest BCUT2D eigenvalue weighted by atomic mass is 32.2. The van der Waals surface area contributed by atoms with Crippen LogP contribution in [0.3, 0.4) is 0 Å². The third kappa shape index (κ3) is 8.48. The van der Waals surface area contributed by atoms with Gasteiger partial charge in [0.05, 0.1) is 17.1 Å². The highest BCUT2D eigenvalue weighted by Crippen LogP contribution is 2.15. The lowest BCUT2D eigenvalue weighted by molar-refractivity contribution is 0.0483. The predicted molar refractivity (Wildman–Crippen MR) is 136 cm³/mol. The maximum absolute atomic E-state index is 12.3. The van der Waals surface area contributed by atoms with Gasteiger partial charge in [-0.25, -0.2) is 27.5 Å². The molecule has 0 heterocycles. The van der Waals surface area contributed by atoms with E-state index in [0.717, 1.165) is 5.56 Å². The second kappa shape index (κ2) is 11.9. The fourth-order valence-corrected chi connectivity index (χ4v) is 4.05.